The van der Waals surface area contributed by atoms with Crippen molar-refractivity contribution in [3.05, 3.63) is 51.4 Å². The summed E-state index contributed by atoms with van der Waals surface area (Å²) in [6.07, 6.45) is 1.43. The summed E-state index contributed by atoms with van der Waals surface area (Å²) in [7, 11) is 4.58. The van der Waals surface area contributed by atoms with Gasteiger partial charge < -0.3 is 19.5 Å². The van der Waals surface area contributed by atoms with Crippen molar-refractivity contribution in [1.82, 2.24) is 9.97 Å². The normalized spacial score (nSPS) is 10.5. The van der Waals surface area contributed by atoms with Crippen LogP contribution >= 0.6 is 22.6 Å². The van der Waals surface area contributed by atoms with Crippen LogP contribution in [0.25, 0.3) is 10.9 Å². The average Bonchev–Trinajstić information content (AvgIpc) is 2.70. The number of hydrogen-bond donors (Lipinski definition) is 1. The molecule has 140 valence electrons. The van der Waals surface area contributed by atoms with Crippen LogP contribution in [0.3, 0.4) is 0 Å². The van der Waals surface area contributed by atoms with Crippen LogP contribution in [0.1, 0.15) is 15.9 Å². The first kappa shape index (κ1) is 19.2. The molecule has 0 aliphatic rings. The largest absolute Gasteiger partial charge is 0.497 e. The van der Waals surface area contributed by atoms with Crippen LogP contribution in [-0.4, -0.2) is 37.3 Å². The summed E-state index contributed by atoms with van der Waals surface area (Å²) in [6, 6.07) is 9.30. The molecule has 0 saturated heterocycles. The molecule has 1 aromatic heterocycles. The van der Waals surface area contributed by atoms with Crippen LogP contribution in [-0.2, 0) is 11.3 Å². The van der Waals surface area contributed by atoms with Gasteiger partial charge in [-0.2, -0.15) is 0 Å². The van der Waals surface area contributed by atoms with E-state index in [2.05, 4.69) is 37.9 Å². The second-order valence-corrected chi connectivity index (χ2v) is 6.84. The Hall–Kier alpha value is -2.62. The number of rotatable bonds is 6. The van der Waals surface area contributed by atoms with Gasteiger partial charge in [0.2, 0.25) is 0 Å². The molecule has 0 spiro atoms. The van der Waals surface area contributed by atoms with Crippen molar-refractivity contribution in [2.24, 2.45) is 0 Å². The van der Waals surface area contributed by atoms with Crippen LogP contribution < -0.4 is 14.8 Å². The van der Waals surface area contributed by atoms with Crippen molar-refractivity contribution in [2.45, 2.75) is 6.54 Å². The van der Waals surface area contributed by atoms with Crippen LogP contribution in [0.4, 0.5) is 5.82 Å². The Labute approximate surface area is 170 Å². The first-order valence-corrected chi connectivity index (χ1v) is 9.12. The van der Waals surface area contributed by atoms with E-state index in [0.717, 1.165) is 20.3 Å². The number of nitrogens with one attached hydrogen (secondary N) is 1. The number of anilines is 1. The van der Waals surface area contributed by atoms with E-state index in [0.29, 0.717) is 29.2 Å². The number of carbonyl (C=O) groups is 1. The molecule has 0 amide bonds. The highest BCUT2D eigenvalue weighted by atomic mass is 127. The number of aromatic nitrogens is 2. The zero-order valence-electron chi connectivity index (χ0n) is 15.1. The minimum Gasteiger partial charge on any atom is -0.497 e. The average molecular weight is 479 g/mol. The summed E-state index contributed by atoms with van der Waals surface area (Å²) in [5.41, 5.74) is 1.90. The highest BCUT2D eigenvalue weighted by Gasteiger charge is 2.16. The van der Waals surface area contributed by atoms with Gasteiger partial charge in [0.15, 0.2) is 0 Å². The van der Waals surface area contributed by atoms with Crippen LogP contribution in [0.5, 0.6) is 11.5 Å². The quantitative estimate of drug-likeness (QED) is 0.427. The first-order valence-electron chi connectivity index (χ1n) is 8.04. The molecular weight excluding hydrogens is 461 g/mol. The van der Waals surface area contributed by atoms with Gasteiger partial charge in [-0.05, 0) is 46.9 Å². The highest BCUT2D eigenvalue weighted by molar-refractivity contribution is 14.1. The van der Waals surface area contributed by atoms with Crippen LogP contribution in [0, 0.1) is 3.57 Å². The molecule has 0 saturated carbocycles. The van der Waals surface area contributed by atoms with Crippen molar-refractivity contribution >= 4 is 45.3 Å². The van der Waals surface area contributed by atoms with E-state index in [9.17, 15) is 4.79 Å². The molecule has 0 bridgehead atoms. The molecule has 8 heteroatoms. The van der Waals surface area contributed by atoms with E-state index in [1.807, 2.05) is 24.3 Å². The maximum Gasteiger partial charge on any atom is 0.340 e. The zero-order valence-corrected chi connectivity index (χ0v) is 17.2. The third kappa shape index (κ3) is 4.05. The number of methoxy groups -OCH3 is 3. The summed E-state index contributed by atoms with van der Waals surface area (Å²) in [5.74, 6) is 1.63. The molecule has 1 heterocycles. The second kappa shape index (κ2) is 8.38. The lowest BCUT2D eigenvalue weighted by molar-refractivity contribution is 0.0602. The molecule has 7 nitrogen and oxygen atoms in total. The molecule has 0 unspecified atom stereocenters. The number of esters is 1. The minimum atomic E-state index is -0.431. The predicted molar refractivity (Wildman–Crippen MR) is 110 cm³/mol. The Morgan fingerprint density at radius 2 is 1.93 bits per heavy atom. The lowest BCUT2D eigenvalue weighted by Gasteiger charge is -2.13. The van der Waals surface area contributed by atoms with Crippen LogP contribution in [0.2, 0.25) is 0 Å². The Morgan fingerprint density at radius 3 is 2.63 bits per heavy atom. The number of nitrogens with zero attached hydrogens (tertiary/aromatic N) is 2. The summed E-state index contributed by atoms with van der Waals surface area (Å²) in [4.78, 5) is 20.7. The molecule has 1 N–H and O–H groups in total. The maximum atomic E-state index is 12.1. The summed E-state index contributed by atoms with van der Waals surface area (Å²) in [5, 5.41) is 4.05. The molecule has 0 radical (unpaired) electrons. The third-order valence-corrected chi connectivity index (χ3v) is 4.67. The van der Waals surface area contributed by atoms with Gasteiger partial charge in [-0.15, -0.1) is 0 Å². The van der Waals surface area contributed by atoms with Gasteiger partial charge in [0, 0.05) is 27.1 Å². The molecule has 0 aliphatic heterocycles. The van der Waals surface area contributed by atoms with E-state index < -0.39 is 5.97 Å². The zero-order chi connectivity index (χ0) is 19.4. The smallest absolute Gasteiger partial charge is 0.340 e. The van der Waals surface area contributed by atoms with Crippen LogP contribution in [0.15, 0.2) is 36.7 Å². The summed E-state index contributed by atoms with van der Waals surface area (Å²) < 4.78 is 16.4. The Bertz CT molecular complexity index is 994. The van der Waals surface area contributed by atoms with Crippen molar-refractivity contribution < 1.29 is 19.0 Å². The maximum absolute atomic E-state index is 12.1. The van der Waals surface area contributed by atoms with Gasteiger partial charge in [-0.3, -0.25) is 0 Å². The topological polar surface area (TPSA) is 82.6 Å². The summed E-state index contributed by atoms with van der Waals surface area (Å²) in [6.45, 7) is 0.484. The Balaban J connectivity index is 1.96. The number of carbonyl (C=O) groups excluding carboxylic acids is 1. The monoisotopic (exact) mass is 479 g/mol. The predicted octanol–water partition coefficient (Wildman–Crippen LogP) is 3.65. The van der Waals surface area contributed by atoms with Gasteiger partial charge in [-0.25, -0.2) is 14.8 Å². The number of ether oxygens (including phenoxy) is 3. The van der Waals surface area contributed by atoms with E-state index in [1.165, 1.54) is 13.4 Å². The molecule has 0 atom stereocenters. The molecule has 3 rings (SSSR count). The highest BCUT2D eigenvalue weighted by Crippen LogP contribution is 2.28. The van der Waals surface area contributed by atoms with Crippen molar-refractivity contribution in [1.29, 1.82) is 0 Å². The lowest BCUT2D eigenvalue weighted by Crippen LogP contribution is -2.07. The van der Waals surface area contributed by atoms with E-state index in [4.69, 9.17) is 14.2 Å². The fourth-order valence-corrected chi connectivity index (χ4v) is 3.34. The Morgan fingerprint density at radius 1 is 1.11 bits per heavy atom. The number of hydrogen-bond acceptors (Lipinski definition) is 7. The number of halogens is 1. The van der Waals surface area contributed by atoms with Gasteiger partial charge >= 0.3 is 5.97 Å². The van der Waals surface area contributed by atoms with Gasteiger partial charge in [0.05, 0.1) is 32.4 Å². The first-order chi connectivity index (χ1) is 13.1. The molecule has 0 fully saturated rings. The molecule has 27 heavy (non-hydrogen) atoms. The third-order valence-electron chi connectivity index (χ3n) is 4.05. The Kier molecular flexibility index (Phi) is 5.94. The van der Waals surface area contributed by atoms with Crippen molar-refractivity contribution in [2.75, 3.05) is 26.6 Å². The van der Waals surface area contributed by atoms with E-state index in [1.54, 1.807) is 20.3 Å². The molecule has 0 aliphatic carbocycles. The second-order valence-electron chi connectivity index (χ2n) is 5.59. The minimum absolute atomic E-state index is 0.409. The standard InChI is InChI=1S/C19H18IN3O4/c1-25-13-5-4-11(16(8-13)26-2)9-21-18-14-6-12(20)7-15(19(24)27-3)17(14)22-10-23-18/h4-8,10H,9H2,1-3H3,(H,21,22,23). The SMILES string of the molecule is COC(=O)c1cc(I)cc2c(NCc3ccc(OC)cc3OC)ncnc12. The van der Waals surface area contributed by atoms with E-state index in [-0.39, 0.29) is 0 Å². The number of fused-ring (bicyclic) bond motifs is 1. The molecule has 3 aromatic rings. The van der Waals surface area contributed by atoms with Gasteiger partial charge in [0.25, 0.3) is 0 Å². The van der Waals surface area contributed by atoms with Crippen molar-refractivity contribution in [3.8, 4) is 11.5 Å². The fourth-order valence-electron chi connectivity index (χ4n) is 2.72. The number of benzene rings is 2. The lowest BCUT2D eigenvalue weighted by atomic mass is 10.1. The van der Waals surface area contributed by atoms with E-state index >= 15 is 0 Å². The fraction of sp³-hybridized carbons (Fsp3) is 0.211. The molecular formula is C19H18IN3O4. The molecule has 2 aromatic carbocycles. The van der Waals surface area contributed by atoms with Crippen molar-refractivity contribution in [3.63, 3.8) is 0 Å². The van der Waals surface area contributed by atoms with Gasteiger partial charge in [0.1, 0.15) is 23.6 Å². The van der Waals surface area contributed by atoms with Gasteiger partial charge in [-0.1, -0.05) is 0 Å². The summed E-state index contributed by atoms with van der Waals surface area (Å²) >= 11 is 2.15.